The summed E-state index contributed by atoms with van der Waals surface area (Å²) < 4.78 is 16.2. The van der Waals surface area contributed by atoms with Gasteiger partial charge in [0.05, 0.1) is 14.2 Å². The minimum Gasteiger partial charge on any atom is -0.497 e. The number of hydrogen-bond donors (Lipinski definition) is 1. The van der Waals surface area contributed by atoms with Crippen molar-refractivity contribution in [3.63, 3.8) is 0 Å². The van der Waals surface area contributed by atoms with Crippen LogP contribution in [0.15, 0.2) is 65.1 Å². The van der Waals surface area contributed by atoms with Crippen LogP contribution in [0.1, 0.15) is 10.4 Å². The Morgan fingerprint density at radius 3 is 2.31 bits per heavy atom. The number of rotatable bonds is 5. The number of benzene rings is 3. The van der Waals surface area contributed by atoms with E-state index in [1.54, 1.807) is 48.5 Å². The topological polar surface area (TPSA) is 73.6 Å². The Labute approximate surface area is 172 Å². The molecule has 7 heteroatoms. The first kappa shape index (κ1) is 18.8. The van der Waals surface area contributed by atoms with Crippen LogP contribution in [-0.4, -0.2) is 25.1 Å². The van der Waals surface area contributed by atoms with Gasteiger partial charge in [0.25, 0.3) is 5.91 Å². The quantitative estimate of drug-likeness (QED) is 0.477. The Morgan fingerprint density at radius 2 is 1.66 bits per heavy atom. The third-order valence-electron chi connectivity index (χ3n) is 4.35. The molecule has 4 rings (SSSR count). The van der Waals surface area contributed by atoms with E-state index in [0.29, 0.717) is 44.8 Å². The molecule has 0 aliphatic heterocycles. The first-order chi connectivity index (χ1) is 14.1. The molecule has 4 aromatic rings. The first-order valence-electron chi connectivity index (χ1n) is 8.76. The monoisotopic (exact) mass is 408 g/mol. The second-order valence-corrected chi connectivity index (χ2v) is 6.70. The number of ether oxygens (including phenoxy) is 2. The highest BCUT2D eigenvalue weighted by Crippen LogP contribution is 2.28. The van der Waals surface area contributed by atoms with Crippen molar-refractivity contribution in [3.8, 4) is 23.0 Å². The maximum absolute atomic E-state index is 12.7. The van der Waals surface area contributed by atoms with Crippen molar-refractivity contribution in [1.82, 2.24) is 4.98 Å². The smallest absolute Gasteiger partial charge is 0.255 e. The molecule has 0 unspecified atom stereocenters. The number of methoxy groups -OCH3 is 2. The van der Waals surface area contributed by atoms with Crippen LogP contribution in [0.4, 0.5) is 5.69 Å². The Morgan fingerprint density at radius 1 is 0.966 bits per heavy atom. The van der Waals surface area contributed by atoms with Gasteiger partial charge in [-0.05, 0) is 54.6 Å². The van der Waals surface area contributed by atoms with Crippen LogP contribution in [0.25, 0.3) is 22.6 Å². The van der Waals surface area contributed by atoms with E-state index >= 15 is 0 Å². The molecule has 0 fully saturated rings. The number of oxazole rings is 1. The van der Waals surface area contributed by atoms with Crippen molar-refractivity contribution in [1.29, 1.82) is 0 Å². The summed E-state index contributed by atoms with van der Waals surface area (Å²) in [5.74, 6) is 1.27. The second kappa shape index (κ2) is 7.85. The first-order valence-corrected chi connectivity index (χ1v) is 9.14. The molecule has 0 radical (unpaired) electrons. The lowest BCUT2D eigenvalue weighted by Gasteiger charge is -2.09. The van der Waals surface area contributed by atoms with E-state index in [1.165, 1.54) is 14.2 Å². The van der Waals surface area contributed by atoms with Crippen molar-refractivity contribution in [2.24, 2.45) is 0 Å². The summed E-state index contributed by atoms with van der Waals surface area (Å²) in [6, 6.07) is 17.5. The van der Waals surface area contributed by atoms with Gasteiger partial charge in [-0.1, -0.05) is 11.6 Å². The highest BCUT2D eigenvalue weighted by molar-refractivity contribution is 6.30. The average molecular weight is 409 g/mol. The number of halogens is 1. The normalized spacial score (nSPS) is 10.7. The van der Waals surface area contributed by atoms with Gasteiger partial charge in [-0.15, -0.1) is 0 Å². The van der Waals surface area contributed by atoms with E-state index in [-0.39, 0.29) is 5.91 Å². The molecular formula is C22H17ClN2O4. The number of carbonyl (C=O) groups excluding carboxylic acids is 1. The molecule has 0 spiro atoms. The molecule has 146 valence electrons. The lowest BCUT2D eigenvalue weighted by atomic mass is 10.1. The van der Waals surface area contributed by atoms with Crippen molar-refractivity contribution >= 4 is 34.3 Å². The summed E-state index contributed by atoms with van der Waals surface area (Å²) >= 11 is 5.93. The zero-order valence-electron chi connectivity index (χ0n) is 15.7. The van der Waals surface area contributed by atoms with Crippen LogP contribution in [0.2, 0.25) is 5.02 Å². The molecule has 0 bridgehead atoms. The van der Waals surface area contributed by atoms with Gasteiger partial charge in [0.2, 0.25) is 5.89 Å². The van der Waals surface area contributed by atoms with Crippen LogP contribution in [0, 0.1) is 0 Å². The van der Waals surface area contributed by atoms with Crippen LogP contribution in [0.3, 0.4) is 0 Å². The zero-order valence-corrected chi connectivity index (χ0v) is 16.5. The largest absolute Gasteiger partial charge is 0.497 e. The summed E-state index contributed by atoms with van der Waals surface area (Å²) in [7, 11) is 3.07. The Kier molecular flexibility index (Phi) is 5.10. The summed E-state index contributed by atoms with van der Waals surface area (Å²) in [6.07, 6.45) is 0. The van der Waals surface area contributed by atoms with Gasteiger partial charge >= 0.3 is 0 Å². The van der Waals surface area contributed by atoms with Gasteiger partial charge in [-0.25, -0.2) is 4.98 Å². The van der Waals surface area contributed by atoms with Gasteiger partial charge < -0.3 is 19.2 Å². The van der Waals surface area contributed by atoms with Gasteiger partial charge in [0.1, 0.15) is 17.0 Å². The summed E-state index contributed by atoms with van der Waals surface area (Å²) in [6.45, 7) is 0. The van der Waals surface area contributed by atoms with Crippen LogP contribution >= 0.6 is 11.6 Å². The van der Waals surface area contributed by atoms with E-state index in [4.69, 9.17) is 25.5 Å². The fourth-order valence-corrected chi connectivity index (χ4v) is 2.99. The summed E-state index contributed by atoms with van der Waals surface area (Å²) in [5.41, 5.74) is 3.09. The van der Waals surface area contributed by atoms with Crippen molar-refractivity contribution in [2.45, 2.75) is 0 Å². The molecular weight excluding hydrogens is 392 g/mol. The van der Waals surface area contributed by atoms with Crippen molar-refractivity contribution in [2.75, 3.05) is 19.5 Å². The lowest BCUT2D eigenvalue weighted by Crippen LogP contribution is -2.12. The van der Waals surface area contributed by atoms with Gasteiger partial charge in [0.15, 0.2) is 5.58 Å². The Balaban J connectivity index is 1.60. The third kappa shape index (κ3) is 4.02. The number of carbonyl (C=O) groups is 1. The Bertz CT molecular complexity index is 1160. The van der Waals surface area contributed by atoms with E-state index in [0.717, 1.165) is 5.56 Å². The molecule has 1 aromatic heterocycles. The Hall–Kier alpha value is -3.51. The molecule has 29 heavy (non-hydrogen) atoms. The van der Waals surface area contributed by atoms with E-state index in [1.807, 2.05) is 12.1 Å². The molecule has 0 saturated heterocycles. The number of nitrogens with one attached hydrogen (secondary N) is 1. The second-order valence-electron chi connectivity index (χ2n) is 6.26. The van der Waals surface area contributed by atoms with E-state index < -0.39 is 0 Å². The molecule has 0 saturated carbocycles. The number of anilines is 1. The van der Waals surface area contributed by atoms with Gasteiger partial charge in [-0.3, -0.25) is 4.79 Å². The van der Waals surface area contributed by atoms with Crippen LogP contribution in [-0.2, 0) is 0 Å². The number of nitrogens with zero attached hydrogens (tertiary/aromatic N) is 1. The standard InChI is InChI=1S/C22H17ClN2O4/c1-27-17-9-14(10-18(12-17)28-2)21(26)24-16-7-8-20-19(11-16)25-22(29-20)13-3-5-15(23)6-4-13/h3-12H,1-2H3,(H,24,26). The molecule has 3 aromatic carbocycles. The predicted octanol–water partition coefficient (Wildman–Crippen LogP) is 5.42. The van der Waals surface area contributed by atoms with Gasteiger partial charge in [-0.2, -0.15) is 0 Å². The zero-order chi connectivity index (χ0) is 20.4. The maximum Gasteiger partial charge on any atom is 0.255 e. The molecule has 6 nitrogen and oxygen atoms in total. The minimum absolute atomic E-state index is 0.289. The number of aromatic nitrogens is 1. The highest BCUT2D eigenvalue weighted by atomic mass is 35.5. The summed E-state index contributed by atoms with van der Waals surface area (Å²) in [4.78, 5) is 17.2. The highest BCUT2D eigenvalue weighted by Gasteiger charge is 2.13. The lowest BCUT2D eigenvalue weighted by molar-refractivity contribution is 0.102. The van der Waals surface area contributed by atoms with E-state index in [2.05, 4.69) is 10.3 Å². The van der Waals surface area contributed by atoms with Crippen LogP contribution in [0.5, 0.6) is 11.5 Å². The van der Waals surface area contributed by atoms with Crippen molar-refractivity contribution < 1.29 is 18.7 Å². The maximum atomic E-state index is 12.7. The number of hydrogen-bond acceptors (Lipinski definition) is 5. The average Bonchev–Trinajstić information content (AvgIpc) is 3.17. The van der Waals surface area contributed by atoms with E-state index in [9.17, 15) is 4.79 Å². The predicted molar refractivity (Wildman–Crippen MR) is 112 cm³/mol. The molecule has 0 atom stereocenters. The minimum atomic E-state index is -0.289. The number of amides is 1. The summed E-state index contributed by atoms with van der Waals surface area (Å²) in [5, 5.41) is 3.50. The SMILES string of the molecule is COc1cc(OC)cc(C(=O)Nc2ccc3oc(-c4ccc(Cl)cc4)nc3c2)c1. The third-order valence-corrected chi connectivity index (χ3v) is 4.60. The number of fused-ring (bicyclic) bond motifs is 1. The fraction of sp³-hybridized carbons (Fsp3) is 0.0909. The van der Waals surface area contributed by atoms with Gasteiger partial charge in [0, 0.05) is 27.9 Å². The fourth-order valence-electron chi connectivity index (χ4n) is 2.86. The van der Waals surface area contributed by atoms with Crippen LogP contribution < -0.4 is 14.8 Å². The molecule has 0 aliphatic carbocycles. The molecule has 1 heterocycles. The molecule has 0 aliphatic rings. The molecule has 1 N–H and O–H groups in total. The molecule has 1 amide bonds. The van der Waals surface area contributed by atoms with Crippen molar-refractivity contribution in [3.05, 3.63) is 71.2 Å².